The van der Waals surface area contributed by atoms with Crippen LogP contribution in [0.1, 0.15) is 36.9 Å². The summed E-state index contributed by atoms with van der Waals surface area (Å²) in [5.41, 5.74) is 3.12. The number of carbonyl (C=O) groups is 2. The zero-order valence-electron chi connectivity index (χ0n) is 15.7. The van der Waals surface area contributed by atoms with Gasteiger partial charge in [0.05, 0.1) is 18.7 Å². The highest BCUT2D eigenvalue weighted by molar-refractivity contribution is 5.95. The molecule has 1 aromatic carbocycles. The highest BCUT2D eigenvalue weighted by Crippen LogP contribution is 2.29. The van der Waals surface area contributed by atoms with Crippen molar-refractivity contribution in [1.82, 2.24) is 15.5 Å². The number of nitrogens with one attached hydrogen (secondary N) is 2. The number of hydrogen-bond acceptors (Lipinski definition) is 4. The molecule has 2 aliphatic rings. The molecule has 1 aromatic rings. The van der Waals surface area contributed by atoms with Crippen LogP contribution in [0.2, 0.25) is 0 Å². The van der Waals surface area contributed by atoms with Crippen molar-refractivity contribution in [3.63, 3.8) is 0 Å². The zero-order valence-corrected chi connectivity index (χ0v) is 15.7. The number of benzene rings is 1. The van der Waals surface area contributed by atoms with Crippen molar-refractivity contribution in [3.05, 3.63) is 46.7 Å². The summed E-state index contributed by atoms with van der Waals surface area (Å²) in [5, 5.41) is 5.70. The number of hydrogen-bond donors (Lipinski definition) is 2. The molecular weight excluding hydrogens is 330 g/mol. The summed E-state index contributed by atoms with van der Waals surface area (Å²) in [5.74, 6) is 0.312. The van der Waals surface area contributed by atoms with Crippen LogP contribution >= 0.6 is 0 Å². The van der Waals surface area contributed by atoms with Crippen LogP contribution in [-0.4, -0.2) is 43.6 Å². The number of rotatable bonds is 4. The fourth-order valence-electron chi connectivity index (χ4n) is 3.55. The van der Waals surface area contributed by atoms with Crippen molar-refractivity contribution in [2.75, 3.05) is 26.7 Å². The van der Waals surface area contributed by atoms with Gasteiger partial charge in [0, 0.05) is 12.2 Å². The van der Waals surface area contributed by atoms with Crippen molar-refractivity contribution in [2.24, 2.45) is 5.92 Å². The summed E-state index contributed by atoms with van der Waals surface area (Å²) in [7, 11) is 1.37. The van der Waals surface area contributed by atoms with Gasteiger partial charge < -0.3 is 15.4 Å². The van der Waals surface area contributed by atoms with Crippen LogP contribution in [0.5, 0.6) is 0 Å². The quantitative estimate of drug-likeness (QED) is 0.813. The molecule has 0 aliphatic carbocycles. The maximum Gasteiger partial charge on any atom is 0.338 e. The van der Waals surface area contributed by atoms with Crippen LogP contribution < -0.4 is 10.6 Å². The van der Waals surface area contributed by atoms with Gasteiger partial charge >= 0.3 is 12.0 Å². The van der Waals surface area contributed by atoms with Crippen molar-refractivity contribution < 1.29 is 14.3 Å². The third-order valence-electron chi connectivity index (χ3n) is 5.23. The van der Waals surface area contributed by atoms with Crippen LogP contribution in [-0.2, 0) is 9.53 Å². The van der Waals surface area contributed by atoms with E-state index in [0.29, 0.717) is 17.8 Å². The van der Waals surface area contributed by atoms with Crippen LogP contribution in [0.4, 0.5) is 4.79 Å². The summed E-state index contributed by atoms with van der Waals surface area (Å²) in [6, 6.07) is 7.04. The molecule has 0 spiro atoms. The van der Waals surface area contributed by atoms with E-state index in [2.05, 4.69) is 22.5 Å². The van der Waals surface area contributed by atoms with Gasteiger partial charge in [0.25, 0.3) is 0 Å². The first kappa shape index (κ1) is 18.5. The molecule has 2 N–H and O–H groups in total. The van der Waals surface area contributed by atoms with Crippen molar-refractivity contribution in [2.45, 2.75) is 32.7 Å². The molecule has 6 heteroatoms. The minimum absolute atomic E-state index is 0.288. The molecule has 1 atom stereocenters. The lowest BCUT2D eigenvalue weighted by atomic mass is 9.93. The van der Waals surface area contributed by atoms with Gasteiger partial charge in [-0.3, -0.25) is 4.90 Å². The Bertz CT molecular complexity index is 704. The monoisotopic (exact) mass is 357 g/mol. The largest absolute Gasteiger partial charge is 0.466 e. The second kappa shape index (κ2) is 7.91. The molecule has 1 saturated heterocycles. The van der Waals surface area contributed by atoms with Crippen molar-refractivity contribution in [3.8, 4) is 0 Å². The van der Waals surface area contributed by atoms with Gasteiger partial charge in [0.15, 0.2) is 0 Å². The summed E-state index contributed by atoms with van der Waals surface area (Å²) < 4.78 is 5.03. The van der Waals surface area contributed by atoms with E-state index in [9.17, 15) is 9.59 Å². The molecule has 1 fully saturated rings. The second-order valence-electron chi connectivity index (χ2n) is 7.28. The molecule has 2 aliphatic heterocycles. The number of carbonyl (C=O) groups excluding carboxylic acids is 2. The Hall–Kier alpha value is -2.34. The van der Waals surface area contributed by atoms with Gasteiger partial charge in [0.1, 0.15) is 0 Å². The van der Waals surface area contributed by atoms with E-state index in [1.807, 2.05) is 31.2 Å². The summed E-state index contributed by atoms with van der Waals surface area (Å²) in [6.45, 7) is 6.75. The lowest BCUT2D eigenvalue weighted by Gasteiger charge is -2.34. The maximum absolute atomic E-state index is 12.5. The average Bonchev–Trinajstić information content (AvgIpc) is 2.63. The molecule has 0 aromatic heterocycles. The maximum atomic E-state index is 12.5. The molecule has 2 heterocycles. The van der Waals surface area contributed by atoms with Crippen molar-refractivity contribution in [1.29, 1.82) is 0 Å². The molecule has 2 amide bonds. The number of amides is 2. The van der Waals surface area contributed by atoms with Crippen molar-refractivity contribution >= 4 is 12.0 Å². The van der Waals surface area contributed by atoms with E-state index in [4.69, 9.17) is 4.74 Å². The Labute approximate surface area is 154 Å². The van der Waals surface area contributed by atoms with E-state index in [-0.39, 0.29) is 6.03 Å². The molecule has 0 saturated carbocycles. The number of nitrogens with zero attached hydrogens (tertiary/aromatic N) is 1. The predicted octanol–water partition coefficient (Wildman–Crippen LogP) is 2.51. The highest BCUT2D eigenvalue weighted by Gasteiger charge is 2.34. The Balaban J connectivity index is 1.93. The van der Waals surface area contributed by atoms with Crippen LogP contribution in [0.15, 0.2) is 35.5 Å². The van der Waals surface area contributed by atoms with Gasteiger partial charge in [-0.25, -0.2) is 9.59 Å². The number of ether oxygens (including phenoxy) is 1. The Kier molecular flexibility index (Phi) is 5.61. The fraction of sp³-hybridized carbons (Fsp3) is 0.500. The van der Waals surface area contributed by atoms with Gasteiger partial charge in [-0.15, -0.1) is 0 Å². The first-order chi connectivity index (χ1) is 12.5. The molecule has 26 heavy (non-hydrogen) atoms. The molecule has 0 bridgehead atoms. The topological polar surface area (TPSA) is 70.7 Å². The highest BCUT2D eigenvalue weighted by atomic mass is 16.5. The first-order valence-electron chi connectivity index (χ1n) is 9.15. The minimum atomic E-state index is -0.504. The first-order valence-corrected chi connectivity index (χ1v) is 9.15. The number of aryl methyl sites for hydroxylation is 1. The van der Waals surface area contributed by atoms with Crippen LogP contribution in [0.3, 0.4) is 0 Å². The smallest absolute Gasteiger partial charge is 0.338 e. The number of esters is 1. The number of piperidine rings is 1. The predicted molar refractivity (Wildman–Crippen MR) is 99.5 cm³/mol. The van der Waals surface area contributed by atoms with Crippen LogP contribution in [0, 0.1) is 12.8 Å². The molecule has 6 nitrogen and oxygen atoms in total. The third kappa shape index (κ3) is 4.07. The van der Waals surface area contributed by atoms with Gasteiger partial charge in [-0.2, -0.15) is 0 Å². The van der Waals surface area contributed by atoms with E-state index in [0.717, 1.165) is 43.0 Å². The lowest BCUT2D eigenvalue weighted by molar-refractivity contribution is -0.136. The minimum Gasteiger partial charge on any atom is -0.466 e. The zero-order chi connectivity index (χ0) is 18.7. The standard InChI is InChI=1S/C20H27N3O3/c1-13-4-6-15(7-5-13)18-17(19(24)26-3)16(21-20(25)22-18)12-23-10-8-14(2)9-11-23/h4-7,14,18H,8-12H2,1-3H3,(H2,21,22,25)/t18-/m0/s1. The van der Waals surface area contributed by atoms with Gasteiger partial charge in [-0.1, -0.05) is 36.8 Å². The molecular formula is C20H27N3O3. The lowest BCUT2D eigenvalue weighted by Crippen LogP contribution is -2.49. The summed E-state index contributed by atoms with van der Waals surface area (Å²) in [6.07, 6.45) is 2.27. The van der Waals surface area contributed by atoms with E-state index >= 15 is 0 Å². The SMILES string of the molecule is COC(=O)C1=C(CN2CCC(C)CC2)NC(=O)N[C@H]1c1ccc(C)cc1. The Morgan fingerprint density at radius 2 is 1.88 bits per heavy atom. The average molecular weight is 357 g/mol. The molecule has 0 radical (unpaired) electrons. The Morgan fingerprint density at radius 3 is 2.50 bits per heavy atom. The van der Waals surface area contributed by atoms with E-state index in [1.165, 1.54) is 7.11 Å². The molecule has 140 valence electrons. The fourth-order valence-corrected chi connectivity index (χ4v) is 3.55. The Morgan fingerprint density at radius 1 is 1.23 bits per heavy atom. The van der Waals surface area contributed by atoms with Crippen LogP contribution in [0.25, 0.3) is 0 Å². The molecule has 0 unspecified atom stereocenters. The van der Waals surface area contributed by atoms with Gasteiger partial charge in [0.2, 0.25) is 0 Å². The third-order valence-corrected chi connectivity index (χ3v) is 5.23. The van der Waals surface area contributed by atoms with Gasteiger partial charge in [-0.05, 0) is 44.3 Å². The number of likely N-dealkylation sites (tertiary alicyclic amines) is 1. The molecule has 3 rings (SSSR count). The number of urea groups is 1. The second-order valence-corrected chi connectivity index (χ2v) is 7.28. The summed E-state index contributed by atoms with van der Waals surface area (Å²) >= 11 is 0. The number of methoxy groups -OCH3 is 1. The van der Waals surface area contributed by atoms with E-state index < -0.39 is 12.0 Å². The summed E-state index contributed by atoms with van der Waals surface area (Å²) in [4.78, 5) is 27.1. The van der Waals surface area contributed by atoms with E-state index in [1.54, 1.807) is 0 Å². The normalized spacial score (nSPS) is 22.0.